The lowest BCUT2D eigenvalue weighted by molar-refractivity contribution is -0.134. The highest BCUT2D eigenvalue weighted by Gasteiger charge is 2.33. The van der Waals surface area contributed by atoms with Crippen LogP contribution in [0.25, 0.3) is 0 Å². The van der Waals surface area contributed by atoms with Gasteiger partial charge in [0.05, 0.1) is 4.83 Å². The van der Waals surface area contributed by atoms with Crippen molar-refractivity contribution < 1.29 is 9.53 Å². The van der Waals surface area contributed by atoms with Crippen molar-refractivity contribution in [2.75, 3.05) is 0 Å². The van der Waals surface area contributed by atoms with Crippen LogP contribution in [0.5, 0.6) is 5.75 Å². The fourth-order valence-electron chi connectivity index (χ4n) is 1.24. The normalized spacial score (nSPS) is 26.5. The number of rotatable bonds is 0. The minimum atomic E-state index is -0.303. The lowest BCUT2D eigenvalue weighted by atomic mass is 10.1. The van der Waals surface area contributed by atoms with Crippen LogP contribution in [-0.4, -0.2) is 10.8 Å². The summed E-state index contributed by atoms with van der Waals surface area (Å²) in [4.78, 5) is 11.0. The molecule has 68 valence electrons. The maximum Gasteiger partial charge on any atom is 0.326 e. The maximum absolute atomic E-state index is 11.3. The summed E-state index contributed by atoms with van der Waals surface area (Å²) in [6.45, 7) is 0. The molecule has 1 aromatic rings. The number of fused-ring (bicyclic) bond motifs is 1. The van der Waals surface area contributed by atoms with Crippen LogP contribution < -0.4 is 4.74 Å². The number of alkyl halides is 2. The van der Waals surface area contributed by atoms with E-state index in [0.29, 0.717) is 5.75 Å². The van der Waals surface area contributed by atoms with Crippen LogP contribution in [0, 0.1) is 0 Å². The fourth-order valence-corrected chi connectivity index (χ4v) is 2.22. The smallest absolute Gasteiger partial charge is 0.326 e. The Morgan fingerprint density at radius 1 is 1.15 bits per heavy atom. The molecule has 13 heavy (non-hydrogen) atoms. The van der Waals surface area contributed by atoms with Gasteiger partial charge in [-0.15, -0.1) is 0 Å². The number of esters is 1. The molecule has 0 spiro atoms. The number of carbonyl (C=O) groups is 1. The van der Waals surface area contributed by atoms with E-state index in [-0.39, 0.29) is 15.6 Å². The van der Waals surface area contributed by atoms with E-state index in [1.807, 2.05) is 18.2 Å². The van der Waals surface area contributed by atoms with Gasteiger partial charge in [0.25, 0.3) is 0 Å². The number of carbonyl (C=O) groups excluding carboxylic acids is 1. The van der Waals surface area contributed by atoms with Gasteiger partial charge in [0.1, 0.15) is 10.6 Å². The first-order chi connectivity index (χ1) is 6.20. The lowest BCUT2D eigenvalue weighted by Gasteiger charge is -2.24. The van der Waals surface area contributed by atoms with E-state index < -0.39 is 0 Å². The van der Waals surface area contributed by atoms with E-state index in [0.717, 1.165) is 5.56 Å². The molecular weight excluding hydrogens is 300 g/mol. The molecule has 2 nitrogen and oxygen atoms in total. The van der Waals surface area contributed by atoms with Crippen molar-refractivity contribution >= 4 is 37.8 Å². The number of hydrogen-bond acceptors (Lipinski definition) is 2. The molecule has 0 saturated heterocycles. The lowest BCUT2D eigenvalue weighted by Crippen LogP contribution is -2.29. The van der Waals surface area contributed by atoms with Crippen LogP contribution in [0.15, 0.2) is 24.3 Å². The van der Waals surface area contributed by atoms with Gasteiger partial charge < -0.3 is 4.74 Å². The van der Waals surface area contributed by atoms with Gasteiger partial charge in [0.2, 0.25) is 0 Å². The van der Waals surface area contributed by atoms with Crippen LogP contribution in [0.2, 0.25) is 0 Å². The molecule has 0 amide bonds. The highest BCUT2D eigenvalue weighted by molar-refractivity contribution is 9.12. The van der Waals surface area contributed by atoms with E-state index in [2.05, 4.69) is 31.9 Å². The molecule has 4 heteroatoms. The molecule has 0 unspecified atom stereocenters. The zero-order valence-corrected chi connectivity index (χ0v) is 9.71. The molecule has 0 aromatic heterocycles. The number of para-hydroxylation sites is 1. The van der Waals surface area contributed by atoms with E-state index in [9.17, 15) is 4.79 Å². The number of halogens is 2. The third kappa shape index (κ3) is 1.53. The summed E-state index contributed by atoms with van der Waals surface area (Å²) in [5.41, 5.74) is 1.00. The fraction of sp³-hybridized carbons (Fsp3) is 0.222. The standard InChI is InChI=1S/C9H6Br2O2/c10-7-5-3-1-2-4-6(5)13-9(12)8(7)11/h1-4,7-8H/t7-,8+/m1/s1. The number of benzene rings is 1. The summed E-state index contributed by atoms with van der Waals surface area (Å²) in [6.07, 6.45) is 0. The summed E-state index contributed by atoms with van der Waals surface area (Å²) in [7, 11) is 0. The van der Waals surface area contributed by atoms with Crippen molar-refractivity contribution in [3.63, 3.8) is 0 Å². The molecular formula is C9H6Br2O2. The van der Waals surface area contributed by atoms with Gasteiger partial charge in [-0.2, -0.15) is 0 Å². The summed E-state index contributed by atoms with van der Waals surface area (Å²) in [5, 5.41) is 0. The molecule has 1 aliphatic heterocycles. The van der Waals surface area contributed by atoms with E-state index in [1.165, 1.54) is 0 Å². The van der Waals surface area contributed by atoms with Gasteiger partial charge in [0, 0.05) is 5.56 Å². The Labute approximate surface area is 92.5 Å². The van der Waals surface area contributed by atoms with E-state index in [4.69, 9.17) is 4.74 Å². The molecule has 0 radical (unpaired) electrons. The average Bonchev–Trinajstić information content (AvgIpc) is 2.15. The van der Waals surface area contributed by atoms with Crippen molar-refractivity contribution in [1.29, 1.82) is 0 Å². The molecule has 1 aromatic carbocycles. The minimum absolute atomic E-state index is 0.00931. The molecule has 0 bridgehead atoms. The molecule has 2 atom stereocenters. The Kier molecular flexibility index (Phi) is 2.43. The van der Waals surface area contributed by atoms with Gasteiger partial charge in [0.15, 0.2) is 0 Å². The van der Waals surface area contributed by atoms with Crippen LogP contribution >= 0.6 is 31.9 Å². The molecule has 1 aliphatic rings. The Bertz CT molecular complexity index is 351. The van der Waals surface area contributed by atoms with Gasteiger partial charge in [-0.3, -0.25) is 4.79 Å². The third-order valence-corrected chi connectivity index (χ3v) is 4.54. The molecule has 0 N–H and O–H groups in total. The predicted molar refractivity (Wildman–Crippen MR) is 56.5 cm³/mol. The van der Waals surface area contributed by atoms with Gasteiger partial charge in [-0.1, -0.05) is 50.1 Å². The van der Waals surface area contributed by atoms with Crippen molar-refractivity contribution in [3.05, 3.63) is 29.8 Å². The topological polar surface area (TPSA) is 26.3 Å². The molecule has 0 aliphatic carbocycles. The largest absolute Gasteiger partial charge is 0.425 e. The Hall–Kier alpha value is -0.350. The third-order valence-electron chi connectivity index (χ3n) is 1.91. The summed E-state index contributed by atoms with van der Waals surface area (Å²) < 4.78 is 5.10. The first-order valence-electron chi connectivity index (χ1n) is 3.79. The Morgan fingerprint density at radius 2 is 1.85 bits per heavy atom. The Morgan fingerprint density at radius 3 is 2.62 bits per heavy atom. The van der Waals surface area contributed by atoms with Crippen LogP contribution in [0.4, 0.5) is 0 Å². The maximum atomic E-state index is 11.3. The zero-order valence-electron chi connectivity index (χ0n) is 6.54. The number of hydrogen-bond donors (Lipinski definition) is 0. The first kappa shape index (κ1) is 9.21. The molecule has 0 saturated carbocycles. The quantitative estimate of drug-likeness (QED) is 0.418. The molecule has 0 fully saturated rings. The highest BCUT2D eigenvalue weighted by atomic mass is 79.9. The zero-order chi connectivity index (χ0) is 9.42. The van der Waals surface area contributed by atoms with Gasteiger partial charge in [-0.25, -0.2) is 0 Å². The SMILES string of the molecule is O=C1Oc2ccccc2[C@@H](Br)[C@@H]1Br. The second-order valence-electron chi connectivity index (χ2n) is 2.76. The monoisotopic (exact) mass is 304 g/mol. The van der Waals surface area contributed by atoms with Crippen molar-refractivity contribution in [2.24, 2.45) is 0 Å². The average molecular weight is 306 g/mol. The van der Waals surface area contributed by atoms with Gasteiger partial charge >= 0.3 is 5.97 Å². The highest BCUT2D eigenvalue weighted by Crippen LogP contribution is 2.40. The molecule has 1 heterocycles. The van der Waals surface area contributed by atoms with E-state index in [1.54, 1.807) is 6.07 Å². The second-order valence-corrected chi connectivity index (χ2v) is 4.74. The van der Waals surface area contributed by atoms with Crippen LogP contribution in [0.1, 0.15) is 10.4 Å². The van der Waals surface area contributed by atoms with Crippen molar-refractivity contribution in [1.82, 2.24) is 0 Å². The summed E-state index contributed by atoms with van der Waals surface area (Å²) >= 11 is 6.71. The predicted octanol–water partition coefficient (Wildman–Crippen LogP) is 2.81. The van der Waals surface area contributed by atoms with Crippen LogP contribution in [0.3, 0.4) is 0 Å². The first-order valence-corrected chi connectivity index (χ1v) is 5.62. The van der Waals surface area contributed by atoms with Crippen molar-refractivity contribution in [2.45, 2.75) is 9.65 Å². The Balaban J connectivity index is 2.49. The number of ether oxygens (including phenoxy) is 1. The molecule has 2 rings (SSSR count). The van der Waals surface area contributed by atoms with Crippen LogP contribution in [-0.2, 0) is 4.79 Å². The van der Waals surface area contributed by atoms with Crippen molar-refractivity contribution in [3.8, 4) is 5.75 Å². The minimum Gasteiger partial charge on any atom is -0.425 e. The summed E-state index contributed by atoms with van der Waals surface area (Å²) in [5.74, 6) is 0.394. The van der Waals surface area contributed by atoms with E-state index >= 15 is 0 Å². The second kappa shape index (κ2) is 3.42. The van der Waals surface area contributed by atoms with Gasteiger partial charge in [-0.05, 0) is 6.07 Å². The summed E-state index contributed by atoms with van der Waals surface area (Å²) in [6, 6.07) is 7.50.